The second-order valence-electron chi connectivity index (χ2n) is 7.12. The molecular weight excluding hydrogens is 374 g/mol. The second-order valence-corrected chi connectivity index (χ2v) is 8.17. The Hall–Kier alpha value is -2.38. The number of carbonyl (C=O) groups is 1. The predicted molar refractivity (Wildman–Crippen MR) is 110 cm³/mol. The molecule has 0 radical (unpaired) electrons. The summed E-state index contributed by atoms with van der Waals surface area (Å²) in [6, 6.07) is 14.7. The summed E-state index contributed by atoms with van der Waals surface area (Å²) in [6.07, 6.45) is 4.03. The molecule has 0 bridgehead atoms. The van der Waals surface area contributed by atoms with E-state index >= 15 is 0 Å². The Morgan fingerprint density at radius 2 is 1.64 bits per heavy atom. The summed E-state index contributed by atoms with van der Waals surface area (Å²) in [6.45, 7) is 4.13. The van der Waals surface area contributed by atoms with Gasteiger partial charge >= 0.3 is 0 Å². The average molecular weight is 401 g/mol. The molecule has 6 nitrogen and oxygen atoms in total. The van der Waals surface area contributed by atoms with Crippen molar-refractivity contribution in [1.29, 1.82) is 0 Å². The van der Waals surface area contributed by atoms with Crippen LogP contribution < -0.4 is 10.2 Å². The lowest BCUT2D eigenvalue weighted by atomic mass is 10.1. The van der Waals surface area contributed by atoms with E-state index in [1.807, 2.05) is 0 Å². The largest absolute Gasteiger partial charge is 0.351 e. The maximum atomic E-state index is 12.1. The molecule has 1 heterocycles. The Morgan fingerprint density at radius 3 is 2.29 bits per heavy atom. The standard InChI is InChI=1S/C21H25N3O3S/c25-21(16-28-20-10-8-19(9-11-20)24(26)27)22-14-17-4-6-18(7-5-17)15-23-12-2-1-3-13-23/h4-11H,1-3,12-16H2,(H,22,25)/p+1. The first kappa shape index (κ1) is 20.4. The number of nitro groups is 1. The van der Waals surface area contributed by atoms with Gasteiger partial charge in [0, 0.05) is 29.1 Å². The quantitative estimate of drug-likeness (QED) is 0.406. The molecule has 2 N–H and O–H groups in total. The van der Waals surface area contributed by atoms with Crippen molar-refractivity contribution in [3.63, 3.8) is 0 Å². The van der Waals surface area contributed by atoms with Crippen molar-refractivity contribution >= 4 is 23.4 Å². The zero-order chi connectivity index (χ0) is 19.8. The molecule has 1 amide bonds. The maximum absolute atomic E-state index is 12.1. The van der Waals surface area contributed by atoms with Crippen LogP contribution in [0.4, 0.5) is 5.69 Å². The van der Waals surface area contributed by atoms with Crippen LogP contribution >= 0.6 is 11.8 Å². The van der Waals surface area contributed by atoms with E-state index < -0.39 is 4.92 Å². The zero-order valence-electron chi connectivity index (χ0n) is 15.9. The van der Waals surface area contributed by atoms with Crippen molar-refractivity contribution in [2.45, 2.75) is 37.2 Å². The zero-order valence-corrected chi connectivity index (χ0v) is 16.7. The van der Waals surface area contributed by atoms with E-state index in [0.717, 1.165) is 17.0 Å². The van der Waals surface area contributed by atoms with Gasteiger partial charge in [-0.25, -0.2) is 0 Å². The fourth-order valence-corrected chi connectivity index (χ4v) is 4.09. The molecule has 3 rings (SSSR count). The number of quaternary nitrogens is 1. The van der Waals surface area contributed by atoms with Crippen molar-refractivity contribution in [3.05, 3.63) is 69.8 Å². The molecule has 0 aromatic heterocycles. The van der Waals surface area contributed by atoms with Crippen LogP contribution in [0, 0.1) is 10.1 Å². The third kappa shape index (κ3) is 6.35. The van der Waals surface area contributed by atoms with Crippen LogP contribution in [-0.2, 0) is 17.9 Å². The molecule has 2 aromatic rings. The molecule has 2 aromatic carbocycles. The summed E-state index contributed by atoms with van der Waals surface area (Å²) >= 11 is 1.37. The highest BCUT2D eigenvalue weighted by atomic mass is 32.2. The molecule has 28 heavy (non-hydrogen) atoms. The monoisotopic (exact) mass is 400 g/mol. The number of rotatable bonds is 8. The number of amides is 1. The molecule has 0 aliphatic carbocycles. The number of nitro benzene ring substituents is 1. The molecule has 0 saturated carbocycles. The number of nitrogens with one attached hydrogen (secondary N) is 2. The van der Waals surface area contributed by atoms with E-state index in [1.165, 1.54) is 61.8 Å². The Bertz CT molecular complexity index is 788. The Labute approximate surface area is 169 Å². The third-order valence-electron chi connectivity index (χ3n) is 4.94. The van der Waals surface area contributed by atoms with Crippen molar-refractivity contribution in [2.75, 3.05) is 18.8 Å². The SMILES string of the molecule is O=C(CSc1ccc([N+](=O)[O-])cc1)NCc1ccc(C[NH+]2CCCCC2)cc1. The summed E-state index contributed by atoms with van der Waals surface area (Å²) in [5, 5.41) is 13.6. The lowest BCUT2D eigenvalue weighted by Gasteiger charge is -2.23. The van der Waals surface area contributed by atoms with Crippen molar-refractivity contribution in [3.8, 4) is 0 Å². The maximum Gasteiger partial charge on any atom is 0.269 e. The average Bonchev–Trinajstić information content (AvgIpc) is 2.73. The van der Waals surface area contributed by atoms with Gasteiger partial charge in [-0.15, -0.1) is 11.8 Å². The summed E-state index contributed by atoms with van der Waals surface area (Å²) in [4.78, 5) is 24.8. The van der Waals surface area contributed by atoms with E-state index in [0.29, 0.717) is 6.54 Å². The summed E-state index contributed by atoms with van der Waals surface area (Å²) < 4.78 is 0. The third-order valence-corrected chi connectivity index (χ3v) is 5.96. The number of hydrogen-bond donors (Lipinski definition) is 2. The van der Waals surface area contributed by atoms with Gasteiger partial charge < -0.3 is 10.2 Å². The number of benzene rings is 2. The minimum absolute atomic E-state index is 0.0507. The van der Waals surface area contributed by atoms with Crippen molar-refractivity contribution < 1.29 is 14.6 Å². The van der Waals surface area contributed by atoms with E-state index in [1.54, 1.807) is 17.0 Å². The van der Waals surface area contributed by atoms with Crippen LogP contribution in [0.3, 0.4) is 0 Å². The second kappa shape index (κ2) is 10.2. The lowest BCUT2D eigenvalue weighted by Crippen LogP contribution is -3.11. The number of carbonyl (C=O) groups excluding carboxylic acids is 1. The lowest BCUT2D eigenvalue weighted by molar-refractivity contribution is -0.918. The van der Waals surface area contributed by atoms with Crippen molar-refractivity contribution in [1.82, 2.24) is 5.32 Å². The molecule has 1 aliphatic rings. The highest BCUT2D eigenvalue weighted by Crippen LogP contribution is 2.21. The number of piperidine rings is 1. The predicted octanol–water partition coefficient (Wildman–Crippen LogP) is 2.57. The fourth-order valence-electron chi connectivity index (χ4n) is 3.36. The van der Waals surface area contributed by atoms with Crippen LogP contribution in [0.15, 0.2) is 53.4 Å². The molecular formula is C21H26N3O3S+. The molecule has 1 fully saturated rings. The van der Waals surface area contributed by atoms with Gasteiger partial charge in [-0.3, -0.25) is 14.9 Å². The number of likely N-dealkylation sites (tertiary alicyclic amines) is 1. The Morgan fingerprint density at radius 1 is 1.00 bits per heavy atom. The summed E-state index contributed by atoms with van der Waals surface area (Å²) in [7, 11) is 0. The van der Waals surface area contributed by atoms with Crippen LogP contribution in [-0.4, -0.2) is 29.7 Å². The normalized spacial score (nSPS) is 14.6. The van der Waals surface area contributed by atoms with Gasteiger partial charge in [-0.2, -0.15) is 0 Å². The smallest absolute Gasteiger partial charge is 0.269 e. The van der Waals surface area contributed by atoms with Gasteiger partial charge in [0.15, 0.2) is 0 Å². The molecule has 0 spiro atoms. The fraction of sp³-hybridized carbons (Fsp3) is 0.381. The van der Waals surface area contributed by atoms with Gasteiger partial charge in [-0.05, 0) is 37.0 Å². The highest BCUT2D eigenvalue weighted by Gasteiger charge is 2.13. The minimum Gasteiger partial charge on any atom is -0.351 e. The van der Waals surface area contributed by atoms with Crippen LogP contribution in [0.5, 0.6) is 0 Å². The summed E-state index contributed by atoms with van der Waals surface area (Å²) in [5.41, 5.74) is 2.49. The highest BCUT2D eigenvalue weighted by molar-refractivity contribution is 8.00. The minimum atomic E-state index is -0.430. The Balaban J connectivity index is 1.39. The van der Waals surface area contributed by atoms with Crippen molar-refractivity contribution in [2.24, 2.45) is 0 Å². The molecule has 0 atom stereocenters. The molecule has 1 saturated heterocycles. The Kier molecular flexibility index (Phi) is 7.45. The molecule has 1 aliphatic heterocycles. The number of thioether (sulfide) groups is 1. The van der Waals surface area contributed by atoms with E-state index in [-0.39, 0.29) is 17.3 Å². The van der Waals surface area contributed by atoms with Gasteiger partial charge in [0.25, 0.3) is 5.69 Å². The van der Waals surface area contributed by atoms with Crippen LogP contribution in [0.1, 0.15) is 30.4 Å². The van der Waals surface area contributed by atoms with E-state index in [9.17, 15) is 14.9 Å². The van der Waals surface area contributed by atoms with Crippen LogP contribution in [0.2, 0.25) is 0 Å². The van der Waals surface area contributed by atoms with E-state index in [4.69, 9.17) is 0 Å². The molecule has 7 heteroatoms. The van der Waals surface area contributed by atoms with Crippen LogP contribution in [0.25, 0.3) is 0 Å². The topological polar surface area (TPSA) is 76.7 Å². The van der Waals surface area contributed by atoms with Gasteiger partial charge in [0.05, 0.1) is 23.8 Å². The van der Waals surface area contributed by atoms with Gasteiger partial charge in [-0.1, -0.05) is 24.3 Å². The first-order valence-electron chi connectivity index (χ1n) is 9.65. The number of non-ortho nitro benzene ring substituents is 1. The number of hydrogen-bond acceptors (Lipinski definition) is 4. The first-order valence-corrected chi connectivity index (χ1v) is 10.6. The first-order chi connectivity index (χ1) is 13.6. The summed E-state index contributed by atoms with van der Waals surface area (Å²) in [5.74, 6) is 0.235. The van der Waals surface area contributed by atoms with Gasteiger partial charge in [0.2, 0.25) is 5.91 Å². The number of nitrogens with zero attached hydrogens (tertiary/aromatic N) is 1. The molecule has 0 unspecified atom stereocenters. The van der Waals surface area contributed by atoms with E-state index in [2.05, 4.69) is 29.6 Å². The van der Waals surface area contributed by atoms with Gasteiger partial charge in [0.1, 0.15) is 6.54 Å². The molecule has 148 valence electrons.